The standard InChI is InChI=1S/C21H14N4O2S/c22-12-15-8-6-14(7-9-15)10-17-13-23-21(28-17)24-20(26)19-11-18(25-27-19)16-4-2-1-3-5-16/h1-9,11,13H,10H2,(H,23,24,26). The topological polar surface area (TPSA) is 91.8 Å². The van der Waals surface area contributed by atoms with Gasteiger partial charge in [-0.3, -0.25) is 10.1 Å². The molecule has 7 heteroatoms. The molecule has 2 aromatic carbocycles. The smallest absolute Gasteiger partial charge is 0.296 e. The summed E-state index contributed by atoms with van der Waals surface area (Å²) in [6, 6.07) is 20.6. The Morgan fingerprint density at radius 2 is 1.93 bits per heavy atom. The third-order valence-corrected chi connectivity index (χ3v) is 4.95. The fraction of sp³-hybridized carbons (Fsp3) is 0.0476. The second-order valence-electron chi connectivity index (χ2n) is 6.01. The monoisotopic (exact) mass is 386 g/mol. The predicted octanol–water partition coefficient (Wildman–Crippen LogP) is 4.51. The molecular formula is C21H14N4O2S. The van der Waals surface area contributed by atoms with Gasteiger partial charge in [-0.2, -0.15) is 5.26 Å². The summed E-state index contributed by atoms with van der Waals surface area (Å²) in [4.78, 5) is 17.6. The van der Waals surface area contributed by atoms with Gasteiger partial charge in [0.1, 0.15) is 5.69 Å². The van der Waals surface area contributed by atoms with Gasteiger partial charge < -0.3 is 4.52 Å². The van der Waals surface area contributed by atoms with Crippen LogP contribution in [0.4, 0.5) is 5.13 Å². The summed E-state index contributed by atoms with van der Waals surface area (Å²) in [6.45, 7) is 0. The lowest BCUT2D eigenvalue weighted by molar-refractivity contribution is 0.0988. The van der Waals surface area contributed by atoms with E-state index in [1.807, 2.05) is 42.5 Å². The summed E-state index contributed by atoms with van der Waals surface area (Å²) in [5, 5.41) is 16.0. The predicted molar refractivity (Wildman–Crippen MR) is 106 cm³/mol. The number of hydrogen-bond donors (Lipinski definition) is 1. The van der Waals surface area contributed by atoms with Gasteiger partial charge in [0.05, 0.1) is 11.6 Å². The summed E-state index contributed by atoms with van der Waals surface area (Å²) < 4.78 is 5.17. The summed E-state index contributed by atoms with van der Waals surface area (Å²) in [6.07, 6.45) is 2.41. The molecule has 0 atom stereocenters. The van der Waals surface area contributed by atoms with Crippen molar-refractivity contribution in [2.75, 3.05) is 5.32 Å². The van der Waals surface area contributed by atoms with Crippen molar-refractivity contribution in [2.24, 2.45) is 0 Å². The van der Waals surface area contributed by atoms with Crippen LogP contribution in [0.25, 0.3) is 11.3 Å². The SMILES string of the molecule is N#Cc1ccc(Cc2cnc(NC(=O)c3cc(-c4ccccc4)no3)s2)cc1. The minimum Gasteiger partial charge on any atom is -0.350 e. The van der Waals surface area contributed by atoms with Crippen LogP contribution in [0.15, 0.2) is 71.4 Å². The van der Waals surface area contributed by atoms with Crippen molar-refractivity contribution in [2.45, 2.75) is 6.42 Å². The average Bonchev–Trinajstić information content (AvgIpc) is 3.39. The maximum absolute atomic E-state index is 12.4. The highest BCUT2D eigenvalue weighted by Crippen LogP contribution is 2.23. The Morgan fingerprint density at radius 3 is 2.68 bits per heavy atom. The number of amides is 1. The van der Waals surface area contributed by atoms with Crippen LogP contribution >= 0.6 is 11.3 Å². The average molecular weight is 386 g/mol. The molecule has 0 unspecified atom stereocenters. The normalized spacial score (nSPS) is 10.4. The van der Waals surface area contributed by atoms with Gasteiger partial charge in [0.15, 0.2) is 5.13 Å². The summed E-state index contributed by atoms with van der Waals surface area (Å²) in [5.74, 6) is -0.267. The number of nitrogens with zero attached hydrogens (tertiary/aromatic N) is 3. The van der Waals surface area contributed by atoms with Crippen molar-refractivity contribution in [3.8, 4) is 17.3 Å². The second-order valence-corrected chi connectivity index (χ2v) is 7.13. The van der Waals surface area contributed by atoms with Crippen LogP contribution in [-0.2, 0) is 6.42 Å². The number of aromatic nitrogens is 2. The molecule has 0 saturated heterocycles. The number of nitrogens with one attached hydrogen (secondary N) is 1. The molecule has 1 N–H and O–H groups in total. The van der Waals surface area contributed by atoms with Gasteiger partial charge in [-0.05, 0) is 17.7 Å². The maximum Gasteiger partial charge on any atom is 0.296 e. The number of benzene rings is 2. The molecular weight excluding hydrogens is 372 g/mol. The minimum absolute atomic E-state index is 0.127. The molecule has 0 aliphatic heterocycles. The number of rotatable bonds is 5. The van der Waals surface area contributed by atoms with Crippen LogP contribution < -0.4 is 5.32 Å². The lowest BCUT2D eigenvalue weighted by atomic mass is 10.1. The van der Waals surface area contributed by atoms with E-state index in [1.54, 1.807) is 24.4 Å². The van der Waals surface area contributed by atoms with Gasteiger partial charge in [0.2, 0.25) is 5.76 Å². The van der Waals surface area contributed by atoms with E-state index in [9.17, 15) is 4.79 Å². The van der Waals surface area contributed by atoms with Gasteiger partial charge in [0, 0.05) is 29.1 Å². The van der Waals surface area contributed by atoms with Crippen molar-refractivity contribution in [1.82, 2.24) is 10.1 Å². The van der Waals surface area contributed by atoms with E-state index in [1.165, 1.54) is 11.3 Å². The van der Waals surface area contributed by atoms with E-state index < -0.39 is 5.91 Å². The van der Waals surface area contributed by atoms with Crippen molar-refractivity contribution >= 4 is 22.4 Å². The zero-order valence-electron chi connectivity index (χ0n) is 14.6. The highest BCUT2D eigenvalue weighted by molar-refractivity contribution is 7.15. The quantitative estimate of drug-likeness (QED) is 0.545. The first-order chi connectivity index (χ1) is 13.7. The van der Waals surface area contributed by atoms with E-state index in [4.69, 9.17) is 9.78 Å². The van der Waals surface area contributed by atoms with Crippen LogP contribution in [-0.4, -0.2) is 16.0 Å². The van der Waals surface area contributed by atoms with Gasteiger partial charge in [-0.25, -0.2) is 4.98 Å². The third-order valence-electron chi connectivity index (χ3n) is 4.04. The van der Waals surface area contributed by atoms with Crippen LogP contribution in [0.5, 0.6) is 0 Å². The number of hydrogen-bond acceptors (Lipinski definition) is 6. The first-order valence-electron chi connectivity index (χ1n) is 8.48. The first-order valence-corrected chi connectivity index (χ1v) is 9.30. The van der Waals surface area contributed by atoms with E-state index in [0.717, 1.165) is 16.0 Å². The number of nitriles is 1. The Morgan fingerprint density at radius 1 is 1.14 bits per heavy atom. The van der Waals surface area contributed by atoms with Gasteiger partial charge >= 0.3 is 0 Å². The molecule has 0 radical (unpaired) electrons. The van der Waals surface area contributed by atoms with Crippen molar-refractivity contribution in [3.05, 3.63) is 88.6 Å². The maximum atomic E-state index is 12.4. The molecule has 1 amide bonds. The van der Waals surface area contributed by atoms with Crippen LogP contribution in [0, 0.1) is 11.3 Å². The highest BCUT2D eigenvalue weighted by Gasteiger charge is 2.16. The second kappa shape index (κ2) is 7.86. The molecule has 28 heavy (non-hydrogen) atoms. The Bertz CT molecular complexity index is 1140. The molecule has 2 heterocycles. The van der Waals surface area contributed by atoms with Crippen LogP contribution in [0.2, 0.25) is 0 Å². The van der Waals surface area contributed by atoms with E-state index in [2.05, 4.69) is 21.5 Å². The van der Waals surface area contributed by atoms with Crippen LogP contribution in [0.1, 0.15) is 26.6 Å². The molecule has 0 bridgehead atoms. The fourth-order valence-corrected chi connectivity index (χ4v) is 3.47. The van der Waals surface area contributed by atoms with E-state index >= 15 is 0 Å². The van der Waals surface area contributed by atoms with Gasteiger partial charge in [-0.15, -0.1) is 11.3 Å². The number of thiazole rings is 1. The number of carbonyl (C=O) groups is 1. The fourth-order valence-electron chi connectivity index (χ4n) is 2.63. The number of carbonyl (C=O) groups excluding carboxylic acids is 1. The zero-order valence-corrected chi connectivity index (χ0v) is 15.4. The Hall–Kier alpha value is -3.76. The molecule has 136 valence electrons. The van der Waals surface area contributed by atoms with Gasteiger partial charge in [-0.1, -0.05) is 47.6 Å². The summed E-state index contributed by atoms with van der Waals surface area (Å²) in [5.41, 5.74) is 3.18. The Balaban J connectivity index is 1.41. The van der Waals surface area contributed by atoms with Crippen molar-refractivity contribution in [3.63, 3.8) is 0 Å². The lowest BCUT2D eigenvalue weighted by Crippen LogP contribution is -2.10. The highest BCUT2D eigenvalue weighted by atomic mass is 32.1. The zero-order chi connectivity index (χ0) is 19.3. The molecule has 0 aliphatic carbocycles. The molecule has 0 fully saturated rings. The van der Waals surface area contributed by atoms with Gasteiger partial charge in [0.25, 0.3) is 5.91 Å². The molecule has 4 aromatic rings. The molecule has 0 spiro atoms. The molecule has 0 saturated carbocycles. The largest absolute Gasteiger partial charge is 0.350 e. The molecule has 0 aliphatic rings. The minimum atomic E-state index is -0.394. The number of anilines is 1. The Kier molecular flexibility index (Phi) is 4.95. The van der Waals surface area contributed by atoms with Crippen LogP contribution in [0.3, 0.4) is 0 Å². The molecule has 4 rings (SSSR count). The summed E-state index contributed by atoms with van der Waals surface area (Å²) >= 11 is 1.39. The molecule has 2 aromatic heterocycles. The lowest BCUT2D eigenvalue weighted by Gasteiger charge is -1.98. The van der Waals surface area contributed by atoms with Crippen molar-refractivity contribution in [1.29, 1.82) is 5.26 Å². The molecule has 6 nitrogen and oxygen atoms in total. The Labute approximate surface area is 165 Å². The summed E-state index contributed by atoms with van der Waals surface area (Å²) in [7, 11) is 0. The van der Waals surface area contributed by atoms with Crippen molar-refractivity contribution < 1.29 is 9.32 Å². The first kappa shape index (κ1) is 17.6. The third kappa shape index (κ3) is 3.98. The van der Waals surface area contributed by atoms with E-state index in [-0.39, 0.29) is 5.76 Å². The van der Waals surface area contributed by atoms with E-state index in [0.29, 0.717) is 22.8 Å².